The van der Waals surface area contributed by atoms with Gasteiger partial charge in [-0.25, -0.2) is 13.1 Å². The van der Waals surface area contributed by atoms with Crippen LogP contribution in [-0.2, 0) is 22.4 Å². The van der Waals surface area contributed by atoms with Gasteiger partial charge in [0.1, 0.15) is 0 Å². The van der Waals surface area contributed by atoms with Crippen molar-refractivity contribution >= 4 is 10.0 Å². The van der Waals surface area contributed by atoms with Crippen LogP contribution in [0.4, 0.5) is 26.3 Å². The van der Waals surface area contributed by atoms with Crippen molar-refractivity contribution in [3.63, 3.8) is 0 Å². The molecule has 0 bridgehead atoms. The minimum Gasteiger partial charge on any atom is -0.309 e. The number of sulfonamides is 1. The van der Waals surface area contributed by atoms with Gasteiger partial charge in [0, 0.05) is 19.1 Å². The summed E-state index contributed by atoms with van der Waals surface area (Å²) in [6.45, 7) is 0.223. The maximum atomic E-state index is 12.8. The van der Waals surface area contributed by atoms with E-state index in [1.54, 1.807) is 6.19 Å². The molecule has 138 valence electrons. The molecule has 1 unspecified atom stereocenters. The van der Waals surface area contributed by atoms with Gasteiger partial charge in [0.2, 0.25) is 10.0 Å². The zero-order valence-electron chi connectivity index (χ0n) is 12.3. The lowest BCUT2D eigenvalue weighted by atomic mass is 10.1. The van der Waals surface area contributed by atoms with Crippen LogP contribution >= 0.6 is 0 Å². The van der Waals surface area contributed by atoms with Gasteiger partial charge in [-0.05, 0) is 24.6 Å². The van der Waals surface area contributed by atoms with E-state index in [-0.39, 0.29) is 37.7 Å². The van der Waals surface area contributed by atoms with Gasteiger partial charge in [0.25, 0.3) is 0 Å². The van der Waals surface area contributed by atoms with E-state index < -0.39 is 44.4 Å². The van der Waals surface area contributed by atoms with E-state index in [0.29, 0.717) is 0 Å². The molecule has 1 heterocycles. The van der Waals surface area contributed by atoms with Crippen LogP contribution in [0.1, 0.15) is 17.5 Å². The van der Waals surface area contributed by atoms with Crippen molar-refractivity contribution in [1.82, 2.24) is 9.62 Å². The van der Waals surface area contributed by atoms with Crippen LogP contribution < -0.4 is 4.72 Å². The van der Waals surface area contributed by atoms with Crippen LogP contribution in [0.2, 0.25) is 0 Å². The lowest BCUT2D eigenvalue weighted by Crippen LogP contribution is -2.36. The molecule has 1 aromatic carbocycles. The maximum Gasteiger partial charge on any atom is 0.416 e. The fourth-order valence-corrected chi connectivity index (χ4v) is 3.65. The third-order valence-electron chi connectivity index (χ3n) is 3.52. The number of likely N-dealkylation sites (tertiary alicyclic amines) is 1. The third kappa shape index (κ3) is 4.55. The van der Waals surface area contributed by atoms with Crippen molar-refractivity contribution in [3.8, 4) is 6.19 Å². The first kappa shape index (κ1) is 19.3. The Hall–Kier alpha value is -2.00. The quantitative estimate of drug-likeness (QED) is 0.639. The summed E-state index contributed by atoms with van der Waals surface area (Å²) in [5, 5.41) is 8.70. The molecule has 0 aliphatic carbocycles. The van der Waals surface area contributed by atoms with Gasteiger partial charge in [-0.15, -0.1) is 0 Å². The molecule has 1 fully saturated rings. The Morgan fingerprint density at radius 3 is 2.00 bits per heavy atom. The first-order valence-corrected chi connectivity index (χ1v) is 8.28. The molecule has 1 aromatic rings. The molecule has 2 rings (SSSR count). The predicted molar refractivity (Wildman–Crippen MR) is 72.4 cm³/mol. The number of rotatable bonds is 3. The van der Waals surface area contributed by atoms with E-state index in [1.807, 2.05) is 4.72 Å². The normalized spacial score (nSPS) is 19.1. The molecule has 5 nitrogen and oxygen atoms in total. The Morgan fingerprint density at radius 2 is 1.60 bits per heavy atom. The van der Waals surface area contributed by atoms with E-state index in [9.17, 15) is 34.8 Å². The van der Waals surface area contributed by atoms with Crippen LogP contribution in [0.3, 0.4) is 0 Å². The molecule has 0 saturated carbocycles. The summed E-state index contributed by atoms with van der Waals surface area (Å²) in [6.07, 6.45) is -8.30. The standard InChI is InChI=1S/C13H11F6N3O2S/c14-12(15,16)8-3-9(13(17,18)19)5-11(4-8)25(23,24)21-10-1-2-22(6-10)7-20/h3-5,10,21H,1-2,6H2. The number of benzene rings is 1. The zero-order valence-corrected chi connectivity index (χ0v) is 13.1. The fraction of sp³-hybridized carbons (Fsp3) is 0.462. The van der Waals surface area contributed by atoms with Crippen LogP contribution in [0, 0.1) is 11.5 Å². The van der Waals surface area contributed by atoms with Crippen molar-refractivity contribution < 1.29 is 34.8 Å². The van der Waals surface area contributed by atoms with Gasteiger partial charge in [0.05, 0.1) is 16.0 Å². The van der Waals surface area contributed by atoms with E-state index in [0.717, 1.165) is 0 Å². The van der Waals surface area contributed by atoms with E-state index in [4.69, 9.17) is 5.26 Å². The van der Waals surface area contributed by atoms with Crippen LogP contribution in [0.15, 0.2) is 23.1 Å². The highest BCUT2D eigenvalue weighted by Gasteiger charge is 2.38. The monoisotopic (exact) mass is 387 g/mol. The molecule has 1 aliphatic heterocycles. The highest BCUT2D eigenvalue weighted by Crippen LogP contribution is 2.37. The topological polar surface area (TPSA) is 73.2 Å². The molecule has 1 saturated heterocycles. The van der Waals surface area contributed by atoms with Gasteiger partial charge in [-0.3, -0.25) is 0 Å². The molecular weight excluding hydrogens is 376 g/mol. The first-order chi connectivity index (χ1) is 11.3. The Bertz CT molecular complexity index is 765. The largest absolute Gasteiger partial charge is 0.416 e. The van der Waals surface area contributed by atoms with E-state index >= 15 is 0 Å². The summed E-state index contributed by atoms with van der Waals surface area (Å²) >= 11 is 0. The number of alkyl halides is 6. The summed E-state index contributed by atoms with van der Waals surface area (Å²) < 4.78 is 103. The average molecular weight is 387 g/mol. The first-order valence-electron chi connectivity index (χ1n) is 6.79. The minimum atomic E-state index is -5.14. The fourth-order valence-electron chi connectivity index (χ4n) is 2.32. The number of nitrogens with one attached hydrogen (secondary N) is 1. The maximum absolute atomic E-state index is 12.8. The summed E-state index contributed by atoms with van der Waals surface area (Å²) in [6, 6.07) is -0.636. The number of nitriles is 1. The van der Waals surface area contributed by atoms with E-state index in [2.05, 4.69) is 0 Å². The predicted octanol–water partition coefficient (Wildman–Crippen LogP) is 2.56. The number of halogens is 6. The lowest BCUT2D eigenvalue weighted by Gasteiger charge is -2.16. The highest BCUT2D eigenvalue weighted by atomic mass is 32.2. The molecule has 1 atom stereocenters. The number of nitrogens with zero attached hydrogens (tertiary/aromatic N) is 2. The smallest absolute Gasteiger partial charge is 0.309 e. The average Bonchev–Trinajstić information content (AvgIpc) is 2.92. The van der Waals surface area contributed by atoms with Gasteiger partial charge >= 0.3 is 12.4 Å². The summed E-state index contributed by atoms with van der Waals surface area (Å²) in [7, 11) is -4.63. The molecule has 0 aromatic heterocycles. The molecule has 0 spiro atoms. The van der Waals surface area contributed by atoms with Gasteiger partial charge in [0.15, 0.2) is 6.19 Å². The zero-order chi connectivity index (χ0) is 19.0. The van der Waals surface area contributed by atoms with Crippen LogP contribution in [0.5, 0.6) is 0 Å². The van der Waals surface area contributed by atoms with Crippen LogP contribution in [0.25, 0.3) is 0 Å². The second-order valence-corrected chi connectivity index (χ2v) is 7.11. The van der Waals surface area contributed by atoms with Crippen molar-refractivity contribution in [1.29, 1.82) is 5.26 Å². The second kappa shape index (κ2) is 6.38. The van der Waals surface area contributed by atoms with Gasteiger partial charge in [-0.2, -0.15) is 31.6 Å². The second-order valence-electron chi connectivity index (χ2n) is 5.39. The molecule has 0 radical (unpaired) electrons. The number of hydrogen-bond donors (Lipinski definition) is 1. The van der Waals surface area contributed by atoms with Gasteiger partial charge in [-0.1, -0.05) is 0 Å². The van der Waals surface area contributed by atoms with Crippen LogP contribution in [-0.4, -0.2) is 32.4 Å². The summed E-state index contributed by atoms with van der Waals surface area (Å²) in [5.41, 5.74) is -3.43. The van der Waals surface area contributed by atoms with Gasteiger partial charge < -0.3 is 4.90 Å². The molecule has 12 heteroatoms. The molecule has 1 aliphatic rings. The van der Waals surface area contributed by atoms with Crippen molar-refractivity contribution in [2.45, 2.75) is 29.7 Å². The minimum absolute atomic E-state index is 0.0131. The van der Waals surface area contributed by atoms with Crippen molar-refractivity contribution in [3.05, 3.63) is 29.3 Å². The van der Waals surface area contributed by atoms with Crippen molar-refractivity contribution in [2.75, 3.05) is 13.1 Å². The Kier molecular flexibility index (Phi) is 4.93. The van der Waals surface area contributed by atoms with Crippen molar-refractivity contribution in [2.24, 2.45) is 0 Å². The molecular formula is C13H11F6N3O2S. The lowest BCUT2D eigenvalue weighted by molar-refractivity contribution is -0.143. The third-order valence-corrected chi connectivity index (χ3v) is 5.02. The highest BCUT2D eigenvalue weighted by molar-refractivity contribution is 7.89. The molecule has 0 amide bonds. The summed E-state index contributed by atoms with van der Waals surface area (Å²) in [5.74, 6) is 0. The SMILES string of the molecule is N#CN1CCC(NS(=O)(=O)c2cc(C(F)(F)F)cc(C(F)(F)F)c2)C1. The molecule has 1 N–H and O–H groups in total. The Balaban J connectivity index is 2.41. The Morgan fingerprint density at radius 1 is 1.08 bits per heavy atom. The summed E-state index contributed by atoms with van der Waals surface area (Å²) in [4.78, 5) is 0.0885. The van der Waals surface area contributed by atoms with E-state index in [1.165, 1.54) is 4.90 Å². The molecule has 25 heavy (non-hydrogen) atoms. The number of hydrogen-bond acceptors (Lipinski definition) is 4. The Labute approximate surface area is 138 Å².